The Kier molecular flexibility index (Phi) is 7.92. The third-order valence-electron chi connectivity index (χ3n) is 4.63. The molecule has 1 aromatic rings. The first-order valence-electron chi connectivity index (χ1n) is 7.90. The lowest BCUT2D eigenvalue weighted by molar-refractivity contribution is -0.132. The number of benzene rings is 1. The number of amides is 1. The number of nitrogens with one attached hydrogen (secondary N) is 1. The van der Waals surface area contributed by atoms with Gasteiger partial charge in [-0.25, -0.2) is 8.78 Å². The van der Waals surface area contributed by atoms with Gasteiger partial charge in [-0.15, -0.1) is 12.4 Å². The highest BCUT2D eigenvalue weighted by molar-refractivity contribution is 5.85. The Morgan fingerprint density at radius 2 is 1.96 bits per heavy atom. The molecule has 0 aromatic heterocycles. The van der Waals surface area contributed by atoms with Gasteiger partial charge in [0.25, 0.3) is 0 Å². The maximum absolute atomic E-state index is 13.3. The van der Waals surface area contributed by atoms with Gasteiger partial charge in [0.05, 0.1) is 6.04 Å². The van der Waals surface area contributed by atoms with Gasteiger partial charge in [-0.3, -0.25) is 4.79 Å². The van der Waals surface area contributed by atoms with Crippen LogP contribution in [0.3, 0.4) is 0 Å². The van der Waals surface area contributed by atoms with E-state index in [1.165, 1.54) is 6.07 Å². The predicted octanol–water partition coefficient (Wildman–Crippen LogP) is 3.69. The molecule has 130 valence electrons. The van der Waals surface area contributed by atoms with Gasteiger partial charge in [0.2, 0.25) is 5.91 Å². The lowest BCUT2D eigenvalue weighted by atomic mass is 9.93. The second-order valence-electron chi connectivity index (χ2n) is 6.09. The van der Waals surface area contributed by atoms with Crippen LogP contribution in [-0.4, -0.2) is 30.9 Å². The predicted molar refractivity (Wildman–Crippen MR) is 89.6 cm³/mol. The van der Waals surface area contributed by atoms with E-state index in [1.54, 1.807) is 11.9 Å². The Balaban J connectivity index is 0.00000264. The molecule has 23 heavy (non-hydrogen) atoms. The van der Waals surface area contributed by atoms with Gasteiger partial charge in [-0.05, 0) is 62.9 Å². The van der Waals surface area contributed by atoms with E-state index < -0.39 is 11.6 Å². The molecule has 1 aliphatic heterocycles. The number of carbonyl (C=O) groups is 1. The van der Waals surface area contributed by atoms with Crippen molar-refractivity contribution in [2.75, 3.05) is 20.1 Å². The van der Waals surface area contributed by atoms with E-state index in [9.17, 15) is 13.6 Å². The summed E-state index contributed by atoms with van der Waals surface area (Å²) in [7, 11) is 1.72. The van der Waals surface area contributed by atoms with Crippen LogP contribution in [0.25, 0.3) is 0 Å². The monoisotopic (exact) mass is 346 g/mol. The summed E-state index contributed by atoms with van der Waals surface area (Å²) in [4.78, 5) is 13.9. The van der Waals surface area contributed by atoms with Crippen LogP contribution >= 0.6 is 12.4 Å². The summed E-state index contributed by atoms with van der Waals surface area (Å²) in [5.41, 5.74) is 0.608. The molecule has 1 heterocycles. The van der Waals surface area contributed by atoms with E-state index >= 15 is 0 Å². The topological polar surface area (TPSA) is 32.3 Å². The first-order chi connectivity index (χ1) is 10.5. The number of rotatable bonds is 5. The second-order valence-corrected chi connectivity index (χ2v) is 6.09. The fourth-order valence-corrected chi connectivity index (χ4v) is 2.89. The highest BCUT2D eigenvalue weighted by Gasteiger charge is 2.20. The van der Waals surface area contributed by atoms with Crippen molar-refractivity contribution in [3.05, 3.63) is 35.4 Å². The number of nitrogens with zero attached hydrogens (tertiary/aromatic N) is 1. The van der Waals surface area contributed by atoms with E-state index in [0.717, 1.165) is 44.5 Å². The summed E-state index contributed by atoms with van der Waals surface area (Å²) >= 11 is 0. The highest BCUT2D eigenvalue weighted by Crippen LogP contribution is 2.23. The molecule has 0 radical (unpaired) electrons. The van der Waals surface area contributed by atoms with Crippen LogP contribution in [0.15, 0.2) is 18.2 Å². The third-order valence-corrected chi connectivity index (χ3v) is 4.63. The molecular weight excluding hydrogens is 322 g/mol. The zero-order valence-electron chi connectivity index (χ0n) is 13.6. The number of piperidine rings is 1. The van der Waals surface area contributed by atoms with Crippen molar-refractivity contribution in [2.45, 2.75) is 38.6 Å². The first-order valence-corrected chi connectivity index (χ1v) is 7.90. The third kappa shape index (κ3) is 5.43. The molecule has 2 rings (SSSR count). The molecule has 1 saturated heterocycles. The number of hydrogen-bond acceptors (Lipinski definition) is 2. The van der Waals surface area contributed by atoms with Crippen LogP contribution in [0.2, 0.25) is 0 Å². The minimum absolute atomic E-state index is 0. The number of halogens is 3. The molecule has 1 unspecified atom stereocenters. The number of hydrogen-bond donors (Lipinski definition) is 1. The normalized spacial score (nSPS) is 16.5. The summed E-state index contributed by atoms with van der Waals surface area (Å²) in [6.45, 7) is 3.88. The number of carbonyl (C=O) groups excluding carboxylic acids is 1. The quantitative estimate of drug-likeness (QED) is 0.882. The van der Waals surface area contributed by atoms with Crippen LogP contribution < -0.4 is 5.32 Å². The molecule has 0 bridgehead atoms. The van der Waals surface area contributed by atoms with Crippen molar-refractivity contribution < 1.29 is 13.6 Å². The van der Waals surface area contributed by atoms with E-state index in [-0.39, 0.29) is 24.4 Å². The van der Waals surface area contributed by atoms with Crippen LogP contribution in [0.4, 0.5) is 8.78 Å². The van der Waals surface area contributed by atoms with Crippen LogP contribution in [0, 0.1) is 17.6 Å². The van der Waals surface area contributed by atoms with Gasteiger partial charge in [-0.2, -0.15) is 0 Å². The maximum Gasteiger partial charge on any atom is 0.222 e. The molecule has 1 atom stereocenters. The molecule has 3 nitrogen and oxygen atoms in total. The standard InChI is InChI=1S/C17H24F2N2O.ClH/c1-12(14-4-5-15(18)16(19)11-14)21(2)17(22)6-3-13-7-9-20-10-8-13;/h4-5,11-13,20H,3,6-10H2,1-2H3;1H. The van der Waals surface area contributed by atoms with E-state index in [0.29, 0.717) is 17.9 Å². The molecule has 1 N–H and O–H groups in total. The van der Waals surface area contributed by atoms with Crippen molar-refractivity contribution in [3.63, 3.8) is 0 Å². The minimum atomic E-state index is -0.875. The Morgan fingerprint density at radius 1 is 1.30 bits per heavy atom. The molecule has 1 aromatic carbocycles. The van der Waals surface area contributed by atoms with Gasteiger partial charge >= 0.3 is 0 Å². The molecule has 0 aliphatic carbocycles. The van der Waals surface area contributed by atoms with Gasteiger partial charge in [-0.1, -0.05) is 6.07 Å². The molecule has 0 spiro atoms. The summed E-state index contributed by atoms with van der Waals surface area (Å²) in [6, 6.07) is 3.53. The second kappa shape index (κ2) is 9.18. The molecule has 6 heteroatoms. The Bertz CT molecular complexity index is 521. The zero-order valence-corrected chi connectivity index (χ0v) is 14.5. The Morgan fingerprint density at radius 3 is 2.57 bits per heavy atom. The fourth-order valence-electron chi connectivity index (χ4n) is 2.89. The average Bonchev–Trinajstić information content (AvgIpc) is 2.54. The SMILES string of the molecule is CC(c1ccc(F)c(F)c1)N(C)C(=O)CCC1CCNCC1.Cl. The Hall–Kier alpha value is -1.20. The first kappa shape index (κ1) is 19.8. The molecule has 1 amide bonds. The van der Waals surface area contributed by atoms with Gasteiger partial charge in [0.15, 0.2) is 11.6 Å². The van der Waals surface area contributed by atoms with E-state index in [4.69, 9.17) is 0 Å². The van der Waals surface area contributed by atoms with Gasteiger partial charge in [0.1, 0.15) is 0 Å². The average molecular weight is 347 g/mol. The van der Waals surface area contributed by atoms with E-state index in [1.807, 2.05) is 6.92 Å². The minimum Gasteiger partial charge on any atom is -0.339 e. The van der Waals surface area contributed by atoms with Crippen LogP contribution in [0.1, 0.15) is 44.2 Å². The van der Waals surface area contributed by atoms with Crippen molar-refractivity contribution in [1.82, 2.24) is 10.2 Å². The zero-order chi connectivity index (χ0) is 16.1. The van der Waals surface area contributed by atoms with Gasteiger partial charge < -0.3 is 10.2 Å². The highest BCUT2D eigenvalue weighted by atomic mass is 35.5. The molecule has 1 fully saturated rings. The lowest BCUT2D eigenvalue weighted by Crippen LogP contribution is -2.31. The molecular formula is C17H25ClF2N2O. The van der Waals surface area contributed by atoms with Crippen molar-refractivity contribution >= 4 is 18.3 Å². The van der Waals surface area contributed by atoms with Crippen molar-refractivity contribution in [1.29, 1.82) is 0 Å². The largest absolute Gasteiger partial charge is 0.339 e. The van der Waals surface area contributed by atoms with Crippen molar-refractivity contribution in [2.24, 2.45) is 5.92 Å². The molecule has 0 saturated carbocycles. The van der Waals surface area contributed by atoms with E-state index in [2.05, 4.69) is 5.32 Å². The maximum atomic E-state index is 13.3. The summed E-state index contributed by atoms with van der Waals surface area (Å²) in [6.07, 6.45) is 3.65. The van der Waals surface area contributed by atoms with Crippen LogP contribution in [0.5, 0.6) is 0 Å². The summed E-state index contributed by atoms with van der Waals surface area (Å²) in [5.74, 6) is -1.08. The molecule has 1 aliphatic rings. The lowest BCUT2D eigenvalue weighted by Gasteiger charge is -2.27. The van der Waals surface area contributed by atoms with Gasteiger partial charge in [0, 0.05) is 13.5 Å². The summed E-state index contributed by atoms with van der Waals surface area (Å²) < 4.78 is 26.3. The van der Waals surface area contributed by atoms with Crippen LogP contribution in [-0.2, 0) is 4.79 Å². The Labute approximate surface area is 142 Å². The van der Waals surface area contributed by atoms with Crippen molar-refractivity contribution in [3.8, 4) is 0 Å². The fraction of sp³-hybridized carbons (Fsp3) is 0.588. The summed E-state index contributed by atoms with van der Waals surface area (Å²) in [5, 5.41) is 3.31. The smallest absolute Gasteiger partial charge is 0.222 e.